The number of carbonyl (C=O) groups excluding carboxylic acids is 1. The van der Waals surface area contributed by atoms with E-state index in [1.165, 1.54) is 0 Å². The van der Waals surface area contributed by atoms with Gasteiger partial charge in [0, 0.05) is 16.8 Å². The number of aryl methyl sites for hydroxylation is 1. The van der Waals surface area contributed by atoms with Gasteiger partial charge in [0.1, 0.15) is 18.1 Å². The highest BCUT2D eigenvalue weighted by Gasteiger charge is 2.17. The van der Waals surface area contributed by atoms with Crippen LogP contribution in [0.3, 0.4) is 0 Å². The van der Waals surface area contributed by atoms with Crippen LogP contribution in [0.25, 0.3) is 11.3 Å². The Morgan fingerprint density at radius 3 is 2.69 bits per heavy atom. The molecule has 7 nitrogen and oxygen atoms in total. The number of furan rings is 1. The molecule has 0 atom stereocenters. The molecule has 0 saturated carbocycles. The molecule has 148 valence electrons. The number of hydrogen-bond acceptors (Lipinski definition) is 6. The Morgan fingerprint density at radius 1 is 1.10 bits per heavy atom. The number of nitrogens with one attached hydrogen (secondary N) is 2. The summed E-state index contributed by atoms with van der Waals surface area (Å²) in [5.41, 5.74) is 3.02. The quantitative estimate of drug-likeness (QED) is 0.566. The number of anilines is 1. The smallest absolute Gasteiger partial charge is 0.257 e. The van der Waals surface area contributed by atoms with E-state index in [1.807, 2.05) is 31.2 Å². The number of aliphatic hydroxyl groups is 1. The molecule has 2 aromatic carbocycles. The van der Waals surface area contributed by atoms with E-state index in [4.69, 9.17) is 31.2 Å². The van der Waals surface area contributed by atoms with Crippen LogP contribution < -0.4 is 20.1 Å². The Balaban J connectivity index is 1.41. The number of carbonyl (C=O) groups is 1. The van der Waals surface area contributed by atoms with Gasteiger partial charge in [0.2, 0.25) is 6.79 Å². The lowest BCUT2D eigenvalue weighted by molar-refractivity contribution is 0.0977. The van der Waals surface area contributed by atoms with Crippen LogP contribution >= 0.6 is 12.2 Å². The van der Waals surface area contributed by atoms with E-state index in [2.05, 4.69) is 10.6 Å². The number of amides is 1. The fraction of sp³-hybridized carbons (Fsp3) is 0.143. The third-order valence-electron chi connectivity index (χ3n) is 4.43. The molecule has 3 N–H and O–H groups in total. The van der Waals surface area contributed by atoms with Gasteiger partial charge in [-0.15, -0.1) is 0 Å². The molecule has 0 unspecified atom stereocenters. The minimum atomic E-state index is -0.346. The normalized spacial score (nSPS) is 11.9. The number of hydrogen-bond donors (Lipinski definition) is 3. The second kappa shape index (κ2) is 7.94. The van der Waals surface area contributed by atoms with Crippen molar-refractivity contribution in [3.05, 3.63) is 65.4 Å². The zero-order valence-electron chi connectivity index (χ0n) is 15.5. The van der Waals surface area contributed by atoms with Crippen LogP contribution in [0.5, 0.6) is 11.5 Å². The second-order valence-corrected chi connectivity index (χ2v) is 6.84. The third-order valence-corrected chi connectivity index (χ3v) is 4.63. The zero-order valence-corrected chi connectivity index (χ0v) is 16.3. The van der Waals surface area contributed by atoms with Gasteiger partial charge < -0.3 is 24.3 Å². The number of fused-ring (bicyclic) bond motifs is 1. The van der Waals surface area contributed by atoms with Crippen molar-refractivity contribution in [2.24, 2.45) is 0 Å². The van der Waals surface area contributed by atoms with Gasteiger partial charge in [-0.2, -0.15) is 0 Å². The van der Waals surface area contributed by atoms with Crippen LogP contribution in [-0.2, 0) is 6.61 Å². The van der Waals surface area contributed by atoms with Gasteiger partial charge in [-0.25, -0.2) is 0 Å². The maximum atomic E-state index is 12.4. The summed E-state index contributed by atoms with van der Waals surface area (Å²) in [6.45, 7) is 1.95. The van der Waals surface area contributed by atoms with Crippen molar-refractivity contribution in [3.63, 3.8) is 0 Å². The summed E-state index contributed by atoms with van der Waals surface area (Å²) in [6.07, 6.45) is 0. The van der Waals surface area contributed by atoms with Gasteiger partial charge >= 0.3 is 0 Å². The predicted molar refractivity (Wildman–Crippen MR) is 111 cm³/mol. The van der Waals surface area contributed by atoms with Crippen LogP contribution in [-0.4, -0.2) is 22.9 Å². The Bertz CT molecular complexity index is 1090. The van der Waals surface area contributed by atoms with Gasteiger partial charge in [0.25, 0.3) is 5.91 Å². The Morgan fingerprint density at radius 2 is 1.93 bits per heavy atom. The fourth-order valence-corrected chi connectivity index (χ4v) is 3.21. The molecule has 0 fully saturated rings. The topological polar surface area (TPSA) is 93.0 Å². The average molecular weight is 410 g/mol. The molecule has 3 aromatic rings. The van der Waals surface area contributed by atoms with Gasteiger partial charge in [-0.3, -0.25) is 10.1 Å². The number of benzene rings is 2. The molecule has 1 aromatic heterocycles. The van der Waals surface area contributed by atoms with E-state index in [0.717, 1.165) is 16.8 Å². The summed E-state index contributed by atoms with van der Waals surface area (Å²) in [6, 6.07) is 14.1. The van der Waals surface area contributed by atoms with E-state index < -0.39 is 0 Å². The highest BCUT2D eigenvalue weighted by molar-refractivity contribution is 7.80. The molecule has 0 aliphatic carbocycles. The summed E-state index contributed by atoms with van der Waals surface area (Å²) in [5, 5.41) is 15.0. The molecule has 29 heavy (non-hydrogen) atoms. The molecule has 1 amide bonds. The fourth-order valence-electron chi connectivity index (χ4n) is 3.00. The summed E-state index contributed by atoms with van der Waals surface area (Å²) < 4.78 is 16.1. The van der Waals surface area contributed by atoms with Crippen LogP contribution in [0.4, 0.5) is 5.69 Å². The summed E-state index contributed by atoms with van der Waals surface area (Å²) in [5.74, 6) is 1.98. The largest absolute Gasteiger partial charge is 0.459 e. The molecule has 2 heterocycles. The van der Waals surface area contributed by atoms with E-state index in [9.17, 15) is 4.79 Å². The highest BCUT2D eigenvalue weighted by atomic mass is 32.1. The molecular formula is C21H18N2O5S. The molecule has 1 aliphatic heterocycles. The summed E-state index contributed by atoms with van der Waals surface area (Å²) in [4.78, 5) is 12.4. The number of ether oxygens (including phenoxy) is 2. The van der Waals surface area contributed by atoms with Crippen molar-refractivity contribution >= 4 is 28.9 Å². The lowest BCUT2D eigenvalue weighted by atomic mass is 10.1. The molecule has 0 saturated heterocycles. The molecule has 0 bridgehead atoms. The van der Waals surface area contributed by atoms with E-state index in [1.54, 1.807) is 24.3 Å². The average Bonchev–Trinajstić information content (AvgIpc) is 3.36. The van der Waals surface area contributed by atoms with E-state index in [0.29, 0.717) is 28.6 Å². The van der Waals surface area contributed by atoms with E-state index >= 15 is 0 Å². The third kappa shape index (κ3) is 4.08. The standard InChI is InChI=1S/C21H18N2O5S/c1-12-8-14(3-5-16(12)17-7-4-15(10-24)28-17)22-21(29)23-20(25)13-2-6-18-19(9-13)27-11-26-18/h2-9,24H,10-11H2,1H3,(H2,22,23,25,29). The molecule has 0 radical (unpaired) electrons. The van der Waals surface area contributed by atoms with Crippen molar-refractivity contribution in [1.82, 2.24) is 5.32 Å². The Kier molecular flexibility index (Phi) is 5.20. The van der Waals surface area contributed by atoms with Crippen LogP contribution in [0, 0.1) is 6.92 Å². The number of thiocarbonyl (C=S) groups is 1. The molecule has 0 spiro atoms. The monoisotopic (exact) mass is 410 g/mol. The first-order valence-corrected chi connectivity index (χ1v) is 9.27. The van der Waals surface area contributed by atoms with Crippen LogP contribution in [0.1, 0.15) is 21.7 Å². The summed E-state index contributed by atoms with van der Waals surface area (Å²) in [7, 11) is 0. The molecule has 1 aliphatic rings. The van der Waals surface area contributed by atoms with Gasteiger partial charge in [-0.05, 0) is 73.2 Å². The predicted octanol–water partition coefficient (Wildman–Crippen LogP) is 3.60. The van der Waals surface area contributed by atoms with Crippen molar-refractivity contribution in [2.45, 2.75) is 13.5 Å². The van der Waals surface area contributed by atoms with Crippen molar-refractivity contribution < 1.29 is 23.8 Å². The maximum absolute atomic E-state index is 12.4. The van der Waals surface area contributed by atoms with Crippen molar-refractivity contribution in [2.75, 3.05) is 12.1 Å². The first-order chi connectivity index (χ1) is 14.0. The number of rotatable bonds is 4. The first kappa shape index (κ1) is 19.0. The minimum absolute atomic E-state index is 0.143. The second-order valence-electron chi connectivity index (χ2n) is 6.43. The molecular weight excluding hydrogens is 392 g/mol. The lowest BCUT2D eigenvalue weighted by Gasteiger charge is -2.12. The van der Waals surface area contributed by atoms with Crippen LogP contribution in [0.15, 0.2) is 52.9 Å². The SMILES string of the molecule is Cc1cc(NC(=S)NC(=O)c2ccc3c(c2)OCO3)ccc1-c1ccc(CO)o1. The Labute approximate surface area is 172 Å². The number of aliphatic hydroxyl groups excluding tert-OH is 1. The van der Waals surface area contributed by atoms with Crippen molar-refractivity contribution in [3.8, 4) is 22.8 Å². The Hall–Kier alpha value is -3.36. The van der Waals surface area contributed by atoms with Crippen molar-refractivity contribution in [1.29, 1.82) is 0 Å². The first-order valence-electron chi connectivity index (χ1n) is 8.86. The van der Waals surface area contributed by atoms with Crippen LogP contribution in [0.2, 0.25) is 0 Å². The highest BCUT2D eigenvalue weighted by Crippen LogP contribution is 2.32. The maximum Gasteiger partial charge on any atom is 0.257 e. The minimum Gasteiger partial charge on any atom is -0.459 e. The van der Waals surface area contributed by atoms with Gasteiger partial charge in [0.15, 0.2) is 16.6 Å². The van der Waals surface area contributed by atoms with Gasteiger partial charge in [0.05, 0.1) is 0 Å². The van der Waals surface area contributed by atoms with Gasteiger partial charge in [-0.1, -0.05) is 0 Å². The zero-order chi connectivity index (χ0) is 20.4. The molecule has 8 heteroatoms. The molecule has 4 rings (SSSR count). The van der Waals surface area contributed by atoms with E-state index in [-0.39, 0.29) is 24.4 Å². The lowest BCUT2D eigenvalue weighted by Crippen LogP contribution is -2.34. The summed E-state index contributed by atoms with van der Waals surface area (Å²) >= 11 is 5.25.